The van der Waals surface area contributed by atoms with E-state index in [1.165, 1.54) is 0 Å². The van der Waals surface area contributed by atoms with Gasteiger partial charge in [0.1, 0.15) is 5.78 Å². The summed E-state index contributed by atoms with van der Waals surface area (Å²) in [6, 6.07) is 17.9. The van der Waals surface area contributed by atoms with Crippen molar-refractivity contribution in [1.82, 2.24) is 4.72 Å². The maximum Gasteiger partial charge on any atom is 0.240 e. The number of sulfonamides is 1. The van der Waals surface area contributed by atoms with Crippen LogP contribution in [0, 0.1) is 6.92 Å². The van der Waals surface area contributed by atoms with E-state index in [4.69, 9.17) is 9.47 Å². The predicted molar refractivity (Wildman–Crippen MR) is 140 cm³/mol. The van der Waals surface area contributed by atoms with Crippen LogP contribution in [0.2, 0.25) is 0 Å². The van der Waals surface area contributed by atoms with Crippen LogP contribution in [0.1, 0.15) is 42.9 Å². The summed E-state index contributed by atoms with van der Waals surface area (Å²) < 4.78 is 38.8. The van der Waals surface area contributed by atoms with Gasteiger partial charge in [-0.05, 0) is 78.3 Å². The molecule has 1 aliphatic heterocycles. The molecule has 0 amide bonds. The number of fused-ring (bicyclic) bond motifs is 1. The number of ether oxygens (including phenoxy) is 2. The van der Waals surface area contributed by atoms with Crippen LogP contribution in [0.25, 0.3) is 11.1 Å². The topological polar surface area (TPSA) is 102 Å². The van der Waals surface area contributed by atoms with E-state index in [-0.39, 0.29) is 24.1 Å². The summed E-state index contributed by atoms with van der Waals surface area (Å²) in [4.78, 5) is 13.6. The first-order valence-electron chi connectivity index (χ1n) is 12.5. The third kappa shape index (κ3) is 5.01. The molecule has 3 aromatic rings. The van der Waals surface area contributed by atoms with E-state index in [9.17, 15) is 18.3 Å². The molecular formula is C29H31NO6S. The molecule has 1 atom stereocenters. The number of rotatable bonds is 10. The molecule has 7 nitrogen and oxygen atoms in total. The quantitative estimate of drug-likeness (QED) is 0.413. The minimum Gasteiger partial charge on any atom is -0.454 e. The molecule has 1 saturated carbocycles. The van der Waals surface area contributed by atoms with Crippen molar-refractivity contribution in [2.75, 3.05) is 13.4 Å². The summed E-state index contributed by atoms with van der Waals surface area (Å²) in [5.41, 5.74) is 4.29. The van der Waals surface area contributed by atoms with Gasteiger partial charge in [-0.1, -0.05) is 43.3 Å². The lowest BCUT2D eigenvalue weighted by atomic mass is 9.87. The molecule has 0 unspecified atom stereocenters. The van der Waals surface area contributed by atoms with E-state index in [2.05, 4.69) is 4.72 Å². The lowest BCUT2D eigenvalue weighted by Crippen LogP contribution is -2.36. The van der Waals surface area contributed by atoms with Gasteiger partial charge in [0.05, 0.1) is 16.9 Å². The Morgan fingerprint density at radius 2 is 1.76 bits per heavy atom. The largest absolute Gasteiger partial charge is 0.454 e. The standard InChI is InChI=1S/C29H31NO6S/c1-3-23(17-31)30-37(33,34)24-9-6-21(7-10-24)25-14-20(5-4-19(25)2)15-28(32)29(12-13-29)22-8-11-26-27(16-22)36-18-35-26/h4-11,14,16,23,30-31H,3,12-13,15,17-18H2,1-2H3/t23-/m1/s1. The van der Waals surface area contributed by atoms with Gasteiger partial charge < -0.3 is 14.6 Å². The Kier molecular flexibility index (Phi) is 6.83. The van der Waals surface area contributed by atoms with Crippen molar-refractivity contribution in [2.45, 2.75) is 55.9 Å². The number of carbonyl (C=O) groups is 1. The Labute approximate surface area is 217 Å². The molecule has 0 radical (unpaired) electrons. The van der Waals surface area contributed by atoms with Crippen molar-refractivity contribution in [1.29, 1.82) is 0 Å². The van der Waals surface area contributed by atoms with Crippen LogP contribution in [-0.4, -0.2) is 38.7 Å². The molecule has 194 valence electrons. The van der Waals surface area contributed by atoms with Gasteiger partial charge in [0.15, 0.2) is 11.5 Å². The molecule has 3 aromatic carbocycles. The molecule has 2 N–H and O–H groups in total. The van der Waals surface area contributed by atoms with Crippen molar-refractivity contribution < 1.29 is 27.8 Å². The van der Waals surface area contributed by atoms with Gasteiger partial charge in [0.25, 0.3) is 0 Å². The number of aliphatic hydroxyl groups is 1. The smallest absolute Gasteiger partial charge is 0.240 e. The van der Waals surface area contributed by atoms with Gasteiger partial charge >= 0.3 is 0 Å². The Morgan fingerprint density at radius 1 is 1.03 bits per heavy atom. The first-order chi connectivity index (χ1) is 17.8. The molecule has 0 spiro atoms. The number of hydrogen-bond donors (Lipinski definition) is 2. The molecule has 1 aliphatic carbocycles. The van der Waals surface area contributed by atoms with Gasteiger partial charge in [-0.15, -0.1) is 0 Å². The Morgan fingerprint density at radius 3 is 2.43 bits per heavy atom. The normalized spacial score (nSPS) is 16.4. The second-order valence-electron chi connectivity index (χ2n) is 9.83. The first kappa shape index (κ1) is 25.4. The average molecular weight is 522 g/mol. The summed E-state index contributed by atoms with van der Waals surface area (Å²) in [6.45, 7) is 3.76. The van der Waals surface area contributed by atoms with Crippen molar-refractivity contribution in [3.63, 3.8) is 0 Å². The number of hydrogen-bond acceptors (Lipinski definition) is 6. The first-order valence-corrected chi connectivity index (χ1v) is 14.0. The molecule has 1 fully saturated rings. The molecule has 2 aliphatic rings. The van der Waals surface area contributed by atoms with Crippen LogP contribution < -0.4 is 14.2 Å². The van der Waals surface area contributed by atoms with Crippen molar-refractivity contribution in [2.24, 2.45) is 0 Å². The van der Waals surface area contributed by atoms with E-state index < -0.39 is 21.5 Å². The molecule has 37 heavy (non-hydrogen) atoms. The number of carbonyl (C=O) groups excluding carboxylic acids is 1. The summed E-state index contributed by atoms with van der Waals surface area (Å²) in [5.74, 6) is 1.59. The molecule has 0 bridgehead atoms. The molecule has 0 aromatic heterocycles. The summed E-state index contributed by atoms with van der Waals surface area (Å²) in [7, 11) is -3.73. The molecule has 0 saturated heterocycles. The minimum absolute atomic E-state index is 0.145. The van der Waals surface area contributed by atoms with Crippen molar-refractivity contribution in [3.8, 4) is 22.6 Å². The van der Waals surface area contributed by atoms with E-state index in [1.807, 2.05) is 50.2 Å². The number of aliphatic hydroxyl groups excluding tert-OH is 1. The molecule has 8 heteroatoms. The van der Waals surface area contributed by atoms with E-state index in [0.717, 1.165) is 40.7 Å². The zero-order valence-corrected chi connectivity index (χ0v) is 21.8. The fraction of sp³-hybridized carbons (Fsp3) is 0.345. The SMILES string of the molecule is CC[C@H](CO)NS(=O)(=O)c1ccc(-c2cc(CC(=O)C3(c4ccc5c(c4)OCO5)CC3)ccc2C)cc1. The summed E-state index contributed by atoms with van der Waals surface area (Å²) in [6.07, 6.45) is 2.46. The molecule has 1 heterocycles. The van der Waals surface area contributed by atoms with Crippen LogP contribution >= 0.6 is 0 Å². The number of benzene rings is 3. The minimum atomic E-state index is -3.73. The number of aryl methyl sites for hydroxylation is 1. The highest BCUT2D eigenvalue weighted by atomic mass is 32.2. The van der Waals surface area contributed by atoms with Gasteiger partial charge in [-0.2, -0.15) is 0 Å². The fourth-order valence-electron chi connectivity index (χ4n) is 4.84. The van der Waals surface area contributed by atoms with Gasteiger partial charge in [-0.3, -0.25) is 4.79 Å². The van der Waals surface area contributed by atoms with E-state index >= 15 is 0 Å². The maximum absolute atomic E-state index is 13.5. The van der Waals surface area contributed by atoms with Crippen LogP contribution in [0.15, 0.2) is 65.6 Å². The van der Waals surface area contributed by atoms with E-state index in [1.54, 1.807) is 24.3 Å². The average Bonchev–Trinajstić information content (AvgIpc) is 3.59. The summed E-state index contributed by atoms with van der Waals surface area (Å²) >= 11 is 0. The van der Waals surface area contributed by atoms with Crippen LogP contribution in [-0.2, 0) is 26.7 Å². The zero-order valence-electron chi connectivity index (χ0n) is 21.0. The lowest BCUT2D eigenvalue weighted by Gasteiger charge is -2.16. The van der Waals surface area contributed by atoms with Crippen LogP contribution in [0.4, 0.5) is 0 Å². The van der Waals surface area contributed by atoms with Crippen molar-refractivity contribution >= 4 is 15.8 Å². The number of Topliss-reactive ketones (excluding diaryl/α,β-unsaturated/α-hetero) is 1. The Balaban J connectivity index is 1.34. The predicted octanol–water partition coefficient (Wildman–Crippen LogP) is 4.28. The van der Waals surface area contributed by atoms with Crippen LogP contribution in [0.5, 0.6) is 11.5 Å². The van der Waals surface area contributed by atoms with Crippen molar-refractivity contribution in [3.05, 3.63) is 77.4 Å². The highest BCUT2D eigenvalue weighted by Gasteiger charge is 2.50. The summed E-state index contributed by atoms with van der Waals surface area (Å²) in [5, 5.41) is 9.34. The fourth-order valence-corrected chi connectivity index (χ4v) is 6.15. The molecular weight excluding hydrogens is 490 g/mol. The third-order valence-electron chi connectivity index (χ3n) is 7.39. The van der Waals surface area contributed by atoms with Gasteiger partial charge in [0, 0.05) is 12.5 Å². The lowest BCUT2D eigenvalue weighted by molar-refractivity contribution is -0.120. The maximum atomic E-state index is 13.5. The van der Waals surface area contributed by atoms with E-state index in [0.29, 0.717) is 24.3 Å². The monoisotopic (exact) mass is 521 g/mol. The Bertz CT molecular complexity index is 1420. The Hall–Kier alpha value is -3.20. The van der Waals surface area contributed by atoms with Crippen LogP contribution in [0.3, 0.4) is 0 Å². The number of ketones is 1. The zero-order chi connectivity index (χ0) is 26.2. The third-order valence-corrected chi connectivity index (χ3v) is 8.92. The van der Waals surface area contributed by atoms with Gasteiger partial charge in [0.2, 0.25) is 16.8 Å². The highest BCUT2D eigenvalue weighted by molar-refractivity contribution is 7.89. The second-order valence-corrected chi connectivity index (χ2v) is 11.5. The second kappa shape index (κ2) is 9.93. The molecule has 5 rings (SSSR count). The number of nitrogens with one attached hydrogen (secondary N) is 1. The highest BCUT2D eigenvalue weighted by Crippen LogP contribution is 2.51. The van der Waals surface area contributed by atoms with Gasteiger partial charge in [-0.25, -0.2) is 13.1 Å².